The molecule has 3 aromatic heterocycles. The molecule has 0 aliphatic rings. The molecule has 0 fully saturated rings. The SMILES string of the molecule is CCOC(=O)c1nc(-c2cccc(C#CC(C)(O)c3ncc(C)o3)c2)nc2c1ccn2C. The van der Waals surface area contributed by atoms with Crippen LogP contribution in [0, 0.1) is 18.8 Å². The lowest BCUT2D eigenvalue weighted by Crippen LogP contribution is -2.18. The molecule has 1 N–H and O–H groups in total. The maximum absolute atomic E-state index is 12.5. The van der Waals surface area contributed by atoms with Crippen LogP contribution >= 0.6 is 0 Å². The highest BCUT2D eigenvalue weighted by atomic mass is 16.5. The highest BCUT2D eigenvalue weighted by Crippen LogP contribution is 2.24. The first-order valence-electron chi connectivity index (χ1n) is 10.1. The van der Waals surface area contributed by atoms with Crippen LogP contribution in [0.3, 0.4) is 0 Å². The van der Waals surface area contributed by atoms with Crippen molar-refractivity contribution in [2.75, 3.05) is 6.61 Å². The maximum atomic E-state index is 12.5. The van der Waals surface area contributed by atoms with Crippen molar-refractivity contribution in [3.8, 4) is 23.2 Å². The Morgan fingerprint density at radius 2 is 2.12 bits per heavy atom. The predicted molar refractivity (Wildman–Crippen MR) is 118 cm³/mol. The minimum absolute atomic E-state index is 0.134. The summed E-state index contributed by atoms with van der Waals surface area (Å²) in [6.07, 6.45) is 3.35. The quantitative estimate of drug-likeness (QED) is 0.391. The van der Waals surface area contributed by atoms with E-state index in [4.69, 9.17) is 9.15 Å². The molecule has 0 saturated carbocycles. The largest absolute Gasteiger partial charge is 0.461 e. The molecule has 1 unspecified atom stereocenters. The molecule has 162 valence electrons. The van der Waals surface area contributed by atoms with E-state index in [1.54, 1.807) is 32.0 Å². The van der Waals surface area contributed by atoms with Crippen molar-refractivity contribution >= 4 is 17.0 Å². The van der Waals surface area contributed by atoms with Gasteiger partial charge in [-0.15, -0.1) is 0 Å². The number of fused-ring (bicyclic) bond motifs is 1. The first-order valence-corrected chi connectivity index (χ1v) is 10.1. The molecule has 4 aromatic rings. The summed E-state index contributed by atoms with van der Waals surface area (Å²) < 4.78 is 12.4. The second kappa shape index (κ2) is 8.29. The number of hydrogen-bond acceptors (Lipinski definition) is 7. The zero-order valence-corrected chi connectivity index (χ0v) is 18.2. The molecule has 4 rings (SSSR count). The Morgan fingerprint density at radius 3 is 2.84 bits per heavy atom. The second-order valence-corrected chi connectivity index (χ2v) is 7.46. The molecule has 0 radical (unpaired) electrons. The van der Waals surface area contributed by atoms with Crippen molar-refractivity contribution in [2.24, 2.45) is 7.05 Å². The molecule has 8 heteroatoms. The third kappa shape index (κ3) is 4.11. The first-order chi connectivity index (χ1) is 15.3. The molecular weight excluding hydrogens is 408 g/mol. The van der Waals surface area contributed by atoms with Crippen LogP contribution in [0.1, 0.15) is 41.6 Å². The van der Waals surface area contributed by atoms with Gasteiger partial charge in [-0.3, -0.25) is 0 Å². The Labute approximate surface area is 184 Å². The monoisotopic (exact) mass is 430 g/mol. The normalized spacial score (nSPS) is 12.8. The smallest absolute Gasteiger partial charge is 0.357 e. The highest BCUT2D eigenvalue weighted by molar-refractivity contribution is 6.01. The molecule has 32 heavy (non-hydrogen) atoms. The maximum Gasteiger partial charge on any atom is 0.357 e. The molecule has 0 bridgehead atoms. The summed E-state index contributed by atoms with van der Waals surface area (Å²) in [6, 6.07) is 9.04. The minimum Gasteiger partial charge on any atom is -0.461 e. The van der Waals surface area contributed by atoms with E-state index < -0.39 is 11.6 Å². The van der Waals surface area contributed by atoms with Crippen LogP contribution < -0.4 is 0 Å². The van der Waals surface area contributed by atoms with E-state index in [1.165, 1.54) is 13.1 Å². The van der Waals surface area contributed by atoms with Crippen molar-refractivity contribution in [3.63, 3.8) is 0 Å². The molecule has 3 heterocycles. The van der Waals surface area contributed by atoms with E-state index in [9.17, 15) is 9.90 Å². The van der Waals surface area contributed by atoms with Gasteiger partial charge in [0.15, 0.2) is 17.1 Å². The number of hydrogen-bond donors (Lipinski definition) is 1. The Balaban J connectivity index is 1.74. The van der Waals surface area contributed by atoms with Gasteiger partial charge in [-0.05, 0) is 39.0 Å². The van der Waals surface area contributed by atoms with Crippen molar-refractivity contribution in [1.82, 2.24) is 19.5 Å². The number of aliphatic hydroxyl groups is 1. The van der Waals surface area contributed by atoms with Crippen LogP contribution in [0.5, 0.6) is 0 Å². The molecule has 8 nitrogen and oxygen atoms in total. The standard InChI is InChI=1S/C24H22N4O4/c1-5-31-22(29)19-18-10-12-28(4)21(18)27-20(26-19)17-8-6-7-16(13-17)9-11-24(3,30)23-25-14-15(2)32-23/h6-8,10,12-14,30H,5H2,1-4H3. The summed E-state index contributed by atoms with van der Waals surface area (Å²) in [7, 11) is 1.85. The Kier molecular flexibility index (Phi) is 5.51. The number of esters is 1. The number of carbonyl (C=O) groups excluding carboxylic acids is 1. The van der Waals surface area contributed by atoms with Gasteiger partial charge in [0.2, 0.25) is 5.89 Å². The van der Waals surface area contributed by atoms with Crippen LogP contribution in [0.25, 0.3) is 22.4 Å². The van der Waals surface area contributed by atoms with Gasteiger partial charge in [0.25, 0.3) is 0 Å². The summed E-state index contributed by atoms with van der Waals surface area (Å²) >= 11 is 0. The summed E-state index contributed by atoms with van der Waals surface area (Å²) in [5.74, 6) is 6.35. The van der Waals surface area contributed by atoms with Crippen LogP contribution in [-0.4, -0.2) is 37.2 Å². The van der Waals surface area contributed by atoms with Crippen LogP contribution in [-0.2, 0) is 17.4 Å². The van der Waals surface area contributed by atoms with Crippen molar-refractivity contribution in [1.29, 1.82) is 0 Å². The Hall–Kier alpha value is -3.96. The number of rotatable bonds is 4. The van der Waals surface area contributed by atoms with Gasteiger partial charge in [-0.2, -0.15) is 0 Å². The van der Waals surface area contributed by atoms with Crippen LogP contribution in [0.2, 0.25) is 0 Å². The van der Waals surface area contributed by atoms with E-state index in [-0.39, 0.29) is 18.2 Å². The molecule has 0 saturated heterocycles. The van der Waals surface area contributed by atoms with Gasteiger partial charge in [0.1, 0.15) is 11.4 Å². The fourth-order valence-corrected chi connectivity index (χ4v) is 3.18. The lowest BCUT2D eigenvalue weighted by atomic mass is 10.1. The van der Waals surface area contributed by atoms with E-state index in [0.717, 1.165) is 0 Å². The van der Waals surface area contributed by atoms with Gasteiger partial charge in [0.05, 0.1) is 18.2 Å². The average molecular weight is 430 g/mol. The summed E-state index contributed by atoms with van der Waals surface area (Å²) in [5, 5.41) is 11.2. The van der Waals surface area contributed by atoms with E-state index in [2.05, 4.69) is 26.8 Å². The molecule has 0 spiro atoms. The topological polar surface area (TPSA) is 103 Å². The number of oxazole rings is 1. The number of benzene rings is 1. The van der Waals surface area contributed by atoms with Gasteiger partial charge >= 0.3 is 5.97 Å². The number of aromatic nitrogens is 4. The van der Waals surface area contributed by atoms with Crippen LogP contribution in [0.15, 0.2) is 47.1 Å². The lowest BCUT2D eigenvalue weighted by Gasteiger charge is -2.11. The van der Waals surface area contributed by atoms with Crippen molar-refractivity contribution in [2.45, 2.75) is 26.4 Å². The summed E-state index contributed by atoms with van der Waals surface area (Å²) in [5.41, 5.74) is 0.610. The van der Waals surface area contributed by atoms with E-state index in [1.807, 2.05) is 29.9 Å². The number of carbonyl (C=O) groups is 1. The molecule has 1 aromatic carbocycles. The number of nitrogens with zero attached hydrogens (tertiary/aromatic N) is 4. The van der Waals surface area contributed by atoms with Gasteiger partial charge in [-0.1, -0.05) is 24.0 Å². The zero-order chi connectivity index (χ0) is 22.9. The lowest BCUT2D eigenvalue weighted by molar-refractivity contribution is 0.0522. The third-order valence-corrected chi connectivity index (χ3v) is 4.80. The first kappa shape index (κ1) is 21.3. The summed E-state index contributed by atoms with van der Waals surface area (Å²) in [6.45, 7) is 5.27. The van der Waals surface area contributed by atoms with Gasteiger partial charge in [0, 0.05) is 24.4 Å². The average Bonchev–Trinajstić information content (AvgIpc) is 3.38. The zero-order valence-electron chi connectivity index (χ0n) is 18.2. The Bertz CT molecular complexity index is 1370. The van der Waals surface area contributed by atoms with Crippen molar-refractivity contribution in [3.05, 3.63) is 65.6 Å². The van der Waals surface area contributed by atoms with Crippen molar-refractivity contribution < 1.29 is 19.1 Å². The fraction of sp³-hybridized carbons (Fsp3) is 0.250. The van der Waals surface area contributed by atoms with Crippen LogP contribution in [0.4, 0.5) is 0 Å². The highest BCUT2D eigenvalue weighted by Gasteiger charge is 2.26. The Morgan fingerprint density at radius 1 is 1.31 bits per heavy atom. The molecule has 1 atom stereocenters. The van der Waals surface area contributed by atoms with E-state index in [0.29, 0.717) is 33.7 Å². The third-order valence-electron chi connectivity index (χ3n) is 4.80. The number of ether oxygens (including phenoxy) is 1. The predicted octanol–water partition coefficient (Wildman–Crippen LogP) is 3.37. The molecule has 0 aliphatic heterocycles. The van der Waals surface area contributed by atoms with E-state index >= 15 is 0 Å². The fourth-order valence-electron chi connectivity index (χ4n) is 3.18. The summed E-state index contributed by atoms with van der Waals surface area (Å²) in [4.78, 5) is 25.6. The molecular formula is C24H22N4O4. The second-order valence-electron chi connectivity index (χ2n) is 7.46. The van der Waals surface area contributed by atoms with Gasteiger partial charge in [-0.25, -0.2) is 19.7 Å². The number of aryl methyl sites for hydroxylation is 2. The molecule has 0 amide bonds. The molecule has 0 aliphatic carbocycles. The van der Waals surface area contributed by atoms with Gasteiger partial charge < -0.3 is 18.8 Å². The minimum atomic E-state index is -1.54.